The van der Waals surface area contributed by atoms with Crippen molar-refractivity contribution in [2.24, 2.45) is 0 Å². The number of esters is 1. The van der Waals surface area contributed by atoms with Gasteiger partial charge in [-0.2, -0.15) is 0 Å². The lowest BCUT2D eigenvalue weighted by Crippen LogP contribution is -2.16. The van der Waals surface area contributed by atoms with Gasteiger partial charge in [-0.05, 0) is 36.2 Å². The van der Waals surface area contributed by atoms with Gasteiger partial charge in [0.1, 0.15) is 16.3 Å². The van der Waals surface area contributed by atoms with Gasteiger partial charge in [-0.25, -0.2) is 4.79 Å². The van der Waals surface area contributed by atoms with Crippen LogP contribution in [0.2, 0.25) is 0 Å². The Morgan fingerprint density at radius 1 is 0.875 bits per heavy atom. The zero-order valence-electron chi connectivity index (χ0n) is 17.9. The predicted octanol–water partition coefficient (Wildman–Crippen LogP) is 6.40. The number of thiophene rings is 1. The molecule has 0 saturated heterocycles. The number of carbonyl (C=O) groups excluding carboxylic acids is 2. The molecule has 32 heavy (non-hydrogen) atoms. The van der Waals surface area contributed by atoms with Crippen molar-refractivity contribution in [2.45, 2.75) is 13.8 Å². The van der Waals surface area contributed by atoms with Crippen molar-refractivity contribution in [1.82, 2.24) is 0 Å². The first-order chi connectivity index (χ1) is 15.6. The number of ether oxygens (including phenoxy) is 2. The molecule has 4 rings (SSSR count). The second kappa shape index (κ2) is 9.66. The summed E-state index contributed by atoms with van der Waals surface area (Å²) < 4.78 is 11.0. The number of anilines is 1. The van der Waals surface area contributed by atoms with Crippen LogP contribution in [0.15, 0.2) is 72.1 Å². The Hall–Kier alpha value is -3.64. The van der Waals surface area contributed by atoms with Crippen LogP contribution in [0, 0.1) is 0 Å². The van der Waals surface area contributed by atoms with Crippen molar-refractivity contribution in [2.75, 3.05) is 18.5 Å². The van der Waals surface area contributed by atoms with Gasteiger partial charge in [0, 0.05) is 10.9 Å². The highest BCUT2D eigenvalue weighted by Gasteiger charge is 2.25. The Morgan fingerprint density at radius 3 is 2.38 bits per heavy atom. The highest BCUT2D eigenvalue weighted by atomic mass is 32.1. The summed E-state index contributed by atoms with van der Waals surface area (Å²) in [7, 11) is 0. The molecule has 0 fully saturated rings. The van der Waals surface area contributed by atoms with Gasteiger partial charge in [0.15, 0.2) is 0 Å². The third-order valence-electron chi connectivity index (χ3n) is 5.00. The molecule has 0 radical (unpaired) electrons. The molecule has 1 heterocycles. The fourth-order valence-corrected chi connectivity index (χ4v) is 4.57. The topological polar surface area (TPSA) is 64.6 Å². The van der Waals surface area contributed by atoms with E-state index in [0.717, 1.165) is 21.9 Å². The Balaban J connectivity index is 1.78. The van der Waals surface area contributed by atoms with Crippen LogP contribution in [0.25, 0.3) is 21.9 Å². The van der Waals surface area contributed by atoms with E-state index in [9.17, 15) is 9.59 Å². The van der Waals surface area contributed by atoms with Crippen LogP contribution in [-0.2, 0) is 4.74 Å². The van der Waals surface area contributed by atoms with Crippen LogP contribution in [0.1, 0.15) is 34.6 Å². The molecule has 5 nitrogen and oxygen atoms in total. The summed E-state index contributed by atoms with van der Waals surface area (Å²) >= 11 is 1.30. The van der Waals surface area contributed by atoms with E-state index in [1.54, 1.807) is 13.0 Å². The molecule has 3 aromatic carbocycles. The Kier molecular flexibility index (Phi) is 6.52. The molecule has 4 aromatic rings. The molecule has 162 valence electrons. The van der Waals surface area contributed by atoms with E-state index >= 15 is 0 Å². The van der Waals surface area contributed by atoms with Crippen LogP contribution in [-0.4, -0.2) is 25.1 Å². The molecular formula is C26H23NO4S. The fraction of sp³-hybridized carbons (Fsp3) is 0.154. The molecule has 0 atom stereocenters. The van der Waals surface area contributed by atoms with Gasteiger partial charge in [0.25, 0.3) is 5.91 Å². The summed E-state index contributed by atoms with van der Waals surface area (Å²) in [6, 6.07) is 21.0. The number of rotatable bonds is 7. The zero-order valence-corrected chi connectivity index (χ0v) is 18.7. The summed E-state index contributed by atoms with van der Waals surface area (Å²) in [5, 5.41) is 6.98. The van der Waals surface area contributed by atoms with Gasteiger partial charge in [-0.3, -0.25) is 4.79 Å². The van der Waals surface area contributed by atoms with Crippen LogP contribution < -0.4 is 10.1 Å². The van der Waals surface area contributed by atoms with Crippen molar-refractivity contribution < 1.29 is 19.1 Å². The number of fused-ring (bicyclic) bond motifs is 1. The minimum Gasteiger partial charge on any atom is -0.493 e. The molecule has 0 saturated carbocycles. The Bertz CT molecular complexity index is 1260. The average molecular weight is 446 g/mol. The molecule has 0 aliphatic heterocycles. The minimum absolute atomic E-state index is 0.244. The van der Waals surface area contributed by atoms with E-state index in [4.69, 9.17) is 9.47 Å². The first kappa shape index (κ1) is 21.6. The van der Waals surface area contributed by atoms with Crippen LogP contribution in [0.3, 0.4) is 0 Å². The normalized spacial score (nSPS) is 10.7. The van der Waals surface area contributed by atoms with Crippen LogP contribution in [0.4, 0.5) is 5.00 Å². The van der Waals surface area contributed by atoms with E-state index in [-0.39, 0.29) is 12.5 Å². The van der Waals surface area contributed by atoms with Crippen molar-refractivity contribution in [3.8, 4) is 16.9 Å². The third kappa shape index (κ3) is 4.22. The highest BCUT2D eigenvalue weighted by molar-refractivity contribution is 7.15. The summed E-state index contributed by atoms with van der Waals surface area (Å²) in [5.41, 5.74) is 2.41. The number of amides is 1. The highest BCUT2D eigenvalue weighted by Crippen LogP contribution is 2.37. The van der Waals surface area contributed by atoms with Crippen molar-refractivity contribution >= 4 is 39.0 Å². The number of hydrogen-bond acceptors (Lipinski definition) is 5. The summed E-state index contributed by atoms with van der Waals surface area (Å²) in [5.74, 6) is -0.302. The second-order valence-electron chi connectivity index (χ2n) is 6.99. The summed E-state index contributed by atoms with van der Waals surface area (Å²) in [6.07, 6.45) is 0. The van der Waals surface area contributed by atoms with Gasteiger partial charge in [-0.1, -0.05) is 60.7 Å². The van der Waals surface area contributed by atoms with Crippen LogP contribution >= 0.6 is 11.3 Å². The quantitative estimate of drug-likeness (QED) is 0.335. The largest absolute Gasteiger partial charge is 0.493 e. The Labute approximate surface area is 190 Å². The lowest BCUT2D eigenvalue weighted by Gasteiger charge is -2.14. The maximum atomic E-state index is 13.5. The van der Waals surface area contributed by atoms with E-state index in [2.05, 4.69) is 5.32 Å². The van der Waals surface area contributed by atoms with Gasteiger partial charge < -0.3 is 14.8 Å². The van der Waals surface area contributed by atoms with Gasteiger partial charge in [-0.15, -0.1) is 11.3 Å². The van der Waals surface area contributed by atoms with Crippen LogP contribution in [0.5, 0.6) is 5.75 Å². The zero-order chi connectivity index (χ0) is 22.5. The Morgan fingerprint density at radius 2 is 1.62 bits per heavy atom. The van der Waals surface area contributed by atoms with Gasteiger partial charge in [0.05, 0.1) is 18.8 Å². The first-order valence-corrected chi connectivity index (χ1v) is 11.3. The molecule has 1 amide bonds. The van der Waals surface area contributed by atoms with E-state index in [1.165, 1.54) is 11.3 Å². The standard InChI is InChI=1S/C26H23NO4S/c1-3-30-21-15-14-18-12-8-9-13-19(18)22(21)24(28)27-25-23(26(29)31-4-2)20(16-32-25)17-10-6-5-7-11-17/h5-16H,3-4H2,1-2H3,(H,27,28). The molecule has 0 aliphatic rings. The van der Waals surface area contributed by atoms with Crippen molar-refractivity contribution in [1.29, 1.82) is 0 Å². The van der Waals surface area contributed by atoms with Gasteiger partial charge >= 0.3 is 5.97 Å². The number of nitrogens with one attached hydrogen (secondary N) is 1. The summed E-state index contributed by atoms with van der Waals surface area (Å²) in [6.45, 7) is 4.31. The lowest BCUT2D eigenvalue weighted by atomic mass is 10.0. The molecule has 1 N–H and O–H groups in total. The molecule has 0 bridgehead atoms. The molecule has 6 heteroatoms. The fourth-order valence-electron chi connectivity index (χ4n) is 3.61. The molecule has 1 aromatic heterocycles. The second-order valence-corrected chi connectivity index (χ2v) is 7.87. The molecule has 0 spiro atoms. The smallest absolute Gasteiger partial charge is 0.341 e. The van der Waals surface area contributed by atoms with E-state index < -0.39 is 5.97 Å². The van der Waals surface area contributed by atoms with Crippen molar-refractivity contribution in [3.63, 3.8) is 0 Å². The van der Waals surface area contributed by atoms with Gasteiger partial charge in [0.2, 0.25) is 0 Å². The molecular weight excluding hydrogens is 422 g/mol. The first-order valence-electron chi connectivity index (χ1n) is 10.4. The molecule has 0 aliphatic carbocycles. The third-order valence-corrected chi connectivity index (χ3v) is 5.90. The number of carbonyl (C=O) groups is 2. The predicted molar refractivity (Wildman–Crippen MR) is 129 cm³/mol. The lowest BCUT2D eigenvalue weighted by molar-refractivity contribution is 0.0529. The maximum absolute atomic E-state index is 13.5. The number of hydrogen-bond donors (Lipinski definition) is 1. The minimum atomic E-state index is -0.467. The average Bonchev–Trinajstić information content (AvgIpc) is 3.23. The van der Waals surface area contributed by atoms with E-state index in [1.807, 2.05) is 73.0 Å². The maximum Gasteiger partial charge on any atom is 0.341 e. The summed E-state index contributed by atoms with van der Waals surface area (Å²) in [4.78, 5) is 26.3. The number of benzene rings is 3. The van der Waals surface area contributed by atoms with Crippen molar-refractivity contribution in [3.05, 3.63) is 83.2 Å². The van der Waals surface area contributed by atoms with E-state index in [0.29, 0.717) is 28.5 Å². The SMILES string of the molecule is CCOC(=O)c1c(-c2ccccc2)csc1NC(=O)c1c(OCC)ccc2ccccc12. The molecule has 0 unspecified atom stereocenters. The monoisotopic (exact) mass is 445 g/mol.